The van der Waals surface area contributed by atoms with Crippen molar-refractivity contribution in [3.8, 4) is 16.9 Å². The summed E-state index contributed by atoms with van der Waals surface area (Å²) in [4.78, 5) is 0. The van der Waals surface area contributed by atoms with Gasteiger partial charge in [0.1, 0.15) is 5.82 Å². The fourth-order valence-electron chi connectivity index (χ4n) is 2.31. The quantitative estimate of drug-likeness (QED) is 0.795. The lowest BCUT2D eigenvalue weighted by Crippen LogP contribution is -2.04. The summed E-state index contributed by atoms with van der Waals surface area (Å²) in [5.41, 5.74) is 9.21. The van der Waals surface area contributed by atoms with Crippen LogP contribution in [-0.4, -0.2) is 16.3 Å². The second-order valence-corrected chi connectivity index (χ2v) is 5.39. The van der Waals surface area contributed by atoms with Crippen molar-refractivity contribution in [2.24, 2.45) is 5.73 Å². The van der Waals surface area contributed by atoms with Gasteiger partial charge in [-0.2, -0.15) is 5.10 Å². The molecular formula is C17H15ClFN3. The zero-order valence-corrected chi connectivity index (χ0v) is 12.6. The fraction of sp³-hybridized carbons (Fsp3) is 0.118. The molecule has 2 N–H and O–H groups in total. The maximum atomic E-state index is 13.1. The minimum Gasteiger partial charge on any atom is -0.330 e. The molecule has 0 amide bonds. The third-order valence-corrected chi connectivity index (χ3v) is 3.62. The molecule has 0 aliphatic heterocycles. The summed E-state index contributed by atoms with van der Waals surface area (Å²) in [5, 5.41) is 5.27. The molecule has 0 saturated heterocycles. The molecule has 0 fully saturated rings. The first kappa shape index (κ1) is 14.8. The Kier molecular flexibility index (Phi) is 4.22. The summed E-state index contributed by atoms with van der Waals surface area (Å²) >= 11 is 5.94. The summed E-state index contributed by atoms with van der Waals surface area (Å²) in [6, 6.07) is 15.8. The van der Waals surface area contributed by atoms with Gasteiger partial charge in [0.05, 0.1) is 17.1 Å². The van der Waals surface area contributed by atoms with Crippen molar-refractivity contribution in [2.75, 3.05) is 6.54 Å². The van der Waals surface area contributed by atoms with E-state index in [0.29, 0.717) is 18.0 Å². The van der Waals surface area contributed by atoms with Crippen LogP contribution in [0.25, 0.3) is 16.9 Å². The first-order chi connectivity index (χ1) is 10.7. The van der Waals surface area contributed by atoms with E-state index in [2.05, 4.69) is 5.10 Å². The topological polar surface area (TPSA) is 43.8 Å². The van der Waals surface area contributed by atoms with Gasteiger partial charge in [0.15, 0.2) is 0 Å². The van der Waals surface area contributed by atoms with E-state index in [-0.39, 0.29) is 5.82 Å². The van der Waals surface area contributed by atoms with E-state index in [1.165, 1.54) is 12.1 Å². The first-order valence-corrected chi connectivity index (χ1v) is 7.36. The Bertz CT molecular complexity index is 701. The highest BCUT2D eigenvalue weighted by atomic mass is 35.5. The second kappa shape index (κ2) is 6.30. The van der Waals surface area contributed by atoms with Crippen molar-refractivity contribution >= 4 is 11.6 Å². The summed E-state index contributed by atoms with van der Waals surface area (Å²) in [7, 11) is 0. The molecule has 3 nitrogen and oxygen atoms in total. The minimum absolute atomic E-state index is 0.261. The van der Waals surface area contributed by atoms with Crippen LogP contribution in [0, 0.1) is 5.82 Å². The van der Waals surface area contributed by atoms with Crippen LogP contribution in [0.2, 0.25) is 5.02 Å². The number of rotatable bonds is 4. The van der Waals surface area contributed by atoms with E-state index in [4.69, 9.17) is 17.3 Å². The molecule has 5 heteroatoms. The van der Waals surface area contributed by atoms with Crippen molar-refractivity contribution in [1.82, 2.24) is 9.78 Å². The minimum atomic E-state index is -0.261. The van der Waals surface area contributed by atoms with Gasteiger partial charge in [0.2, 0.25) is 0 Å². The molecule has 1 aromatic heterocycles. The standard InChI is InChI=1S/C17H15ClFN3/c18-13-3-7-16(8-4-13)22-17(11-15(21-22)9-10-20)12-1-5-14(19)6-2-12/h1-8,11H,9-10,20H2. The Balaban J connectivity index is 2.11. The predicted octanol–water partition coefficient (Wildman–Crippen LogP) is 3.83. The highest BCUT2D eigenvalue weighted by Crippen LogP contribution is 2.25. The average molecular weight is 316 g/mol. The van der Waals surface area contributed by atoms with Gasteiger partial charge in [-0.3, -0.25) is 0 Å². The highest BCUT2D eigenvalue weighted by Gasteiger charge is 2.11. The number of hydrogen-bond acceptors (Lipinski definition) is 2. The Labute approximate surface area is 133 Å². The Morgan fingerprint density at radius 3 is 2.36 bits per heavy atom. The van der Waals surface area contributed by atoms with Crippen molar-refractivity contribution < 1.29 is 4.39 Å². The SMILES string of the molecule is NCCc1cc(-c2ccc(F)cc2)n(-c2ccc(Cl)cc2)n1. The molecule has 3 aromatic rings. The van der Waals surface area contributed by atoms with Crippen molar-refractivity contribution in [3.63, 3.8) is 0 Å². The van der Waals surface area contributed by atoms with E-state index in [0.717, 1.165) is 22.6 Å². The molecule has 2 aromatic carbocycles. The molecule has 0 spiro atoms. The van der Waals surface area contributed by atoms with E-state index in [1.54, 1.807) is 12.1 Å². The van der Waals surface area contributed by atoms with Crippen LogP contribution in [0.1, 0.15) is 5.69 Å². The van der Waals surface area contributed by atoms with Gasteiger partial charge < -0.3 is 5.73 Å². The van der Waals surface area contributed by atoms with Crippen LogP contribution >= 0.6 is 11.6 Å². The van der Waals surface area contributed by atoms with E-state index < -0.39 is 0 Å². The highest BCUT2D eigenvalue weighted by molar-refractivity contribution is 6.30. The number of aromatic nitrogens is 2. The van der Waals surface area contributed by atoms with Gasteiger partial charge in [0, 0.05) is 17.0 Å². The van der Waals surface area contributed by atoms with Crippen LogP contribution in [0.4, 0.5) is 4.39 Å². The van der Waals surface area contributed by atoms with Crippen molar-refractivity contribution in [3.05, 3.63) is 71.1 Å². The molecule has 0 aliphatic rings. The molecule has 0 saturated carbocycles. The number of nitrogens with two attached hydrogens (primary N) is 1. The number of benzene rings is 2. The normalized spacial score (nSPS) is 10.9. The summed E-state index contributed by atoms with van der Waals surface area (Å²) in [6.45, 7) is 0.528. The molecule has 0 bridgehead atoms. The third-order valence-electron chi connectivity index (χ3n) is 3.37. The lowest BCUT2D eigenvalue weighted by molar-refractivity contribution is 0.628. The lowest BCUT2D eigenvalue weighted by atomic mass is 10.1. The van der Waals surface area contributed by atoms with Gasteiger partial charge in [-0.25, -0.2) is 9.07 Å². The Morgan fingerprint density at radius 2 is 1.73 bits per heavy atom. The zero-order chi connectivity index (χ0) is 15.5. The van der Waals surface area contributed by atoms with Gasteiger partial charge in [-0.1, -0.05) is 11.6 Å². The van der Waals surface area contributed by atoms with Gasteiger partial charge in [0.25, 0.3) is 0 Å². The third kappa shape index (κ3) is 3.03. The number of halogens is 2. The van der Waals surface area contributed by atoms with E-state index in [1.807, 2.05) is 35.0 Å². The molecule has 0 unspecified atom stereocenters. The Hall–Kier alpha value is -2.17. The molecule has 3 rings (SSSR count). The van der Waals surface area contributed by atoms with Crippen LogP contribution in [-0.2, 0) is 6.42 Å². The van der Waals surface area contributed by atoms with Gasteiger partial charge >= 0.3 is 0 Å². The largest absolute Gasteiger partial charge is 0.330 e. The van der Waals surface area contributed by atoms with Crippen LogP contribution in [0.15, 0.2) is 54.6 Å². The van der Waals surface area contributed by atoms with E-state index >= 15 is 0 Å². The van der Waals surface area contributed by atoms with Crippen molar-refractivity contribution in [2.45, 2.75) is 6.42 Å². The summed E-state index contributed by atoms with van der Waals surface area (Å²) < 4.78 is 15.0. The molecule has 0 aliphatic carbocycles. The molecule has 0 radical (unpaired) electrons. The van der Waals surface area contributed by atoms with Crippen LogP contribution < -0.4 is 5.73 Å². The van der Waals surface area contributed by atoms with Crippen LogP contribution in [0.5, 0.6) is 0 Å². The zero-order valence-electron chi connectivity index (χ0n) is 11.8. The molecule has 112 valence electrons. The van der Waals surface area contributed by atoms with Crippen LogP contribution in [0.3, 0.4) is 0 Å². The lowest BCUT2D eigenvalue weighted by Gasteiger charge is -2.07. The van der Waals surface area contributed by atoms with Gasteiger partial charge in [-0.05, 0) is 61.1 Å². The molecule has 0 atom stereocenters. The molecular weight excluding hydrogens is 301 g/mol. The maximum absolute atomic E-state index is 13.1. The molecule has 22 heavy (non-hydrogen) atoms. The van der Waals surface area contributed by atoms with E-state index in [9.17, 15) is 4.39 Å². The monoisotopic (exact) mass is 315 g/mol. The smallest absolute Gasteiger partial charge is 0.123 e. The summed E-state index contributed by atoms with van der Waals surface area (Å²) in [5.74, 6) is -0.261. The van der Waals surface area contributed by atoms with Gasteiger partial charge in [-0.15, -0.1) is 0 Å². The number of nitrogens with zero attached hydrogens (tertiary/aromatic N) is 2. The maximum Gasteiger partial charge on any atom is 0.123 e. The predicted molar refractivity (Wildman–Crippen MR) is 86.7 cm³/mol. The number of hydrogen-bond donors (Lipinski definition) is 1. The second-order valence-electron chi connectivity index (χ2n) is 4.95. The van der Waals surface area contributed by atoms with Crippen molar-refractivity contribution in [1.29, 1.82) is 0 Å². The first-order valence-electron chi connectivity index (χ1n) is 6.98. The average Bonchev–Trinajstić information content (AvgIpc) is 2.93. The molecule has 1 heterocycles. The Morgan fingerprint density at radius 1 is 1.05 bits per heavy atom. The fourth-order valence-corrected chi connectivity index (χ4v) is 2.43. The summed E-state index contributed by atoms with van der Waals surface area (Å²) in [6.07, 6.45) is 0.689.